The SMILES string of the molecule is O=c1[nH]c2cc(Br)ccc2n1-c1ccc(OCc2ccccc2)nc1OCc1ccccc1. The lowest BCUT2D eigenvalue weighted by Gasteiger charge is -2.14. The maximum absolute atomic E-state index is 12.9. The summed E-state index contributed by atoms with van der Waals surface area (Å²) in [7, 11) is 0. The van der Waals surface area contributed by atoms with Crippen LogP contribution in [0.5, 0.6) is 11.8 Å². The van der Waals surface area contributed by atoms with E-state index < -0.39 is 0 Å². The third-order valence-electron chi connectivity index (χ3n) is 5.15. The molecule has 0 aliphatic carbocycles. The molecule has 1 N–H and O–H groups in total. The molecule has 5 aromatic rings. The Labute approximate surface area is 198 Å². The number of hydrogen-bond donors (Lipinski definition) is 1. The Bertz CT molecular complexity index is 1450. The molecule has 7 heteroatoms. The number of ether oxygens (including phenoxy) is 2. The van der Waals surface area contributed by atoms with Crippen LogP contribution in [0, 0.1) is 0 Å². The monoisotopic (exact) mass is 501 g/mol. The minimum atomic E-state index is -0.271. The topological polar surface area (TPSA) is 69.1 Å². The number of H-pyrrole nitrogens is 1. The highest BCUT2D eigenvalue weighted by Crippen LogP contribution is 2.28. The van der Waals surface area contributed by atoms with Gasteiger partial charge in [0.05, 0.1) is 11.0 Å². The Morgan fingerprint density at radius 3 is 2.18 bits per heavy atom. The number of nitrogens with one attached hydrogen (secondary N) is 1. The molecule has 2 aromatic heterocycles. The third kappa shape index (κ3) is 4.68. The van der Waals surface area contributed by atoms with E-state index in [0.717, 1.165) is 21.1 Å². The van der Waals surface area contributed by atoms with Crippen molar-refractivity contribution in [3.05, 3.63) is 117 Å². The van der Waals surface area contributed by atoms with Crippen molar-refractivity contribution in [2.45, 2.75) is 13.2 Å². The quantitative estimate of drug-likeness (QED) is 0.313. The zero-order valence-electron chi connectivity index (χ0n) is 17.6. The second-order valence-corrected chi connectivity index (χ2v) is 8.37. The highest BCUT2D eigenvalue weighted by molar-refractivity contribution is 9.10. The van der Waals surface area contributed by atoms with Crippen molar-refractivity contribution in [2.24, 2.45) is 0 Å². The molecule has 164 valence electrons. The Hall–Kier alpha value is -3.84. The molecule has 33 heavy (non-hydrogen) atoms. The van der Waals surface area contributed by atoms with Gasteiger partial charge in [-0.25, -0.2) is 4.79 Å². The minimum Gasteiger partial charge on any atom is -0.473 e. The fourth-order valence-electron chi connectivity index (χ4n) is 3.55. The summed E-state index contributed by atoms with van der Waals surface area (Å²) in [4.78, 5) is 20.3. The van der Waals surface area contributed by atoms with Gasteiger partial charge in [0.2, 0.25) is 11.8 Å². The fraction of sp³-hybridized carbons (Fsp3) is 0.0769. The fourth-order valence-corrected chi connectivity index (χ4v) is 3.91. The Morgan fingerprint density at radius 1 is 0.818 bits per heavy atom. The first-order chi connectivity index (χ1) is 16.2. The number of benzene rings is 3. The van der Waals surface area contributed by atoms with Crippen molar-refractivity contribution < 1.29 is 9.47 Å². The number of aromatic nitrogens is 3. The number of rotatable bonds is 7. The maximum atomic E-state index is 12.9. The molecule has 0 aliphatic heterocycles. The lowest BCUT2D eigenvalue weighted by atomic mass is 10.2. The average Bonchev–Trinajstić information content (AvgIpc) is 3.17. The zero-order chi connectivity index (χ0) is 22.6. The van der Waals surface area contributed by atoms with E-state index in [1.807, 2.05) is 78.9 Å². The Kier molecular flexibility index (Phi) is 5.95. The van der Waals surface area contributed by atoms with Crippen LogP contribution in [0.25, 0.3) is 16.7 Å². The van der Waals surface area contributed by atoms with Gasteiger partial charge in [0.1, 0.15) is 18.9 Å². The molecule has 0 aliphatic rings. The first-order valence-electron chi connectivity index (χ1n) is 10.4. The summed E-state index contributed by atoms with van der Waals surface area (Å²) in [6.07, 6.45) is 0. The minimum absolute atomic E-state index is 0.271. The first-order valence-corrected chi connectivity index (χ1v) is 11.2. The van der Waals surface area contributed by atoms with E-state index in [-0.39, 0.29) is 5.69 Å². The van der Waals surface area contributed by atoms with Crippen LogP contribution in [0.3, 0.4) is 0 Å². The van der Waals surface area contributed by atoms with Gasteiger partial charge in [-0.1, -0.05) is 76.6 Å². The van der Waals surface area contributed by atoms with Gasteiger partial charge in [0, 0.05) is 10.5 Å². The van der Waals surface area contributed by atoms with Crippen molar-refractivity contribution in [1.82, 2.24) is 14.5 Å². The van der Waals surface area contributed by atoms with Crippen molar-refractivity contribution in [3.8, 4) is 17.4 Å². The molecular formula is C26H20BrN3O3. The van der Waals surface area contributed by atoms with Gasteiger partial charge in [-0.2, -0.15) is 4.98 Å². The van der Waals surface area contributed by atoms with Crippen LogP contribution >= 0.6 is 15.9 Å². The van der Waals surface area contributed by atoms with Crippen LogP contribution in [-0.2, 0) is 13.2 Å². The molecular weight excluding hydrogens is 482 g/mol. The molecule has 5 rings (SSSR count). The molecule has 0 spiro atoms. The summed E-state index contributed by atoms with van der Waals surface area (Å²) in [5.41, 5.74) is 3.74. The van der Waals surface area contributed by atoms with E-state index in [2.05, 4.69) is 25.9 Å². The standard InChI is InChI=1S/C26H20BrN3O3/c27-20-11-12-22-21(15-20)28-26(31)30(22)23-13-14-24(32-16-18-7-3-1-4-8-18)29-25(23)33-17-19-9-5-2-6-10-19/h1-15H,16-17H2,(H,28,31). The molecule has 0 fully saturated rings. The molecule has 0 saturated carbocycles. The van der Waals surface area contributed by atoms with Crippen LogP contribution in [0.2, 0.25) is 0 Å². The molecule has 0 atom stereocenters. The number of aromatic amines is 1. The number of fused-ring (bicyclic) bond motifs is 1. The molecule has 0 amide bonds. The van der Waals surface area contributed by atoms with Gasteiger partial charge in [0.15, 0.2) is 0 Å². The summed E-state index contributed by atoms with van der Waals surface area (Å²) in [5, 5.41) is 0. The number of hydrogen-bond acceptors (Lipinski definition) is 4. The van der Waals surface area contributed by atoms with Crippen LogP contribution < -0.4 is 15.2 Å². The summed E-state index contributed by atoms with van der Waals surface area (Å²) in [6.45, 7) is 0.692. The van der Waals surface area contributed by atoms with Crippen LogP contribution in [0.15, 0.2) is 100 Å². The summed E-state index contributed by atoms with van der Waals surface area (Å²) >= 11 is 3.45. The second kappa shape index (κ2) is 9.34. The van der Waals surface area contributed by atoms with E-state index >= 15 is 0 Å². The summed E-state index contributed by atoms with van der Waals surface area (Å²) < 4.78 is 14.4. The van der Waals surface area contributed by atoms with Gasteiger partial charge in [-0.3, -0.25) is 4.57 Å². The van der Waals surface area contributed by atoms with Crippen molar-refractivity contribution in [1.29, 1.82) is 0 Å². The zero-order valence-corrected chi connectivity index (χ0v) is 19.2. The van der Waals surface area contributed by atoms with E-state index in [0.29, 0.717) is 36.2 Å². The molecule has 0 saturated heterocycles. The number of imidazole rings is 1. The van der Waals surface area contributed by atoms with Crippen LogP contribution in [0.1, 0.15) is 11.1 Å². The smallest absolute Gasteiger partial charge is 0.331 e. The molecule has 0 radical (unpaired) electrons. The van der Waals surface area contributed by atoms with E-state index in [1.54, 1.807) is 16.7 Å². The second-order valence-electron chi connectivity index (χ2n) is 7.45. The lowest BCUT2D eigenvalue weighted by Crippen LogP contribution is -2.16. The van der Waals surface area contributed by atoms with Crippen LogP contribution in [-0.4, -0.2) is 14.5 Å². The first kappa shape index (κ1) is 21.0. The molecule has 0 bridgehead atoms. The highest BCUT2D eigenvalue weighted by atomic mass is 79.9. The van der Waals surface area contributed by atoms with Gasteiger partial charge in [0.25, 0.3) is 0 Å². The molecule has 6 nitrogen and oxygen atoms in total. The van der Waals surface area contributed by atoms with Crippen LogP contribution in [0.4, 0.5) is 0 Å². The number of halogens is 1. The Balaban J connectivity index is 1.52. The predicted molar refractivity (Wildman–Crippen MR) is 131 cm³/mol. The van der Waals surface area contributed by atoms with E-state index in [4.69, 9.17) is 9.47 Å². The summed E-state index contributed by atoms with van der Waals surface area (Å²) in [5.74, 6) is 0.733. The highest BCUT2D eigenvalue weighted by Gasteiger charge is 2.16. The predicted octanol–water partition coefficient (Wildman–Crippen LogP) is 5.63. The van der Waals surface area contributed by atoms with Crippen molar-refractivity contribution in [3.63, 3.8) is 0 Å². The third-order valence-corrected chi connectivity index (χ3v) is 5.64. The number of nitrogens with zero attached hydrogens (tertiary/aromatic N) is 2. The van der Waals surface area contributed by atoms with Gasteiger partial charge in [-0.05, 0) is 35.4 Å². The van der Waals surface area contributed by atoms with Gasteiger partial charge in [-0.15, -0.1) is 0 Å². The normalized spacial score (nSPS) is 10.9. The molecule has 3 aromatic carbocycles. The van der Waals surface area contributed by atoms with Crippen molar-refractivity contribution in [2.75, 3.05) is 0 Å². The molecule has 2 heterocycles. The van der Waals surface area contributed by atoms with Crippen molar-refractivity contribution >= 4 is 27.0 Å². The van der Waals surface area contributed by atoms with E-state index in [1.165, 1.54) is 0 Å². The van der Waals surface area contributed by atoms with Gasteiger partial charge < -0.3 is 14.5 Å². The Morgan fingerprint density at radius 2 is 1.48 bits per heavy atom. The number of pyridine rings is 1. The lowest BCUT2D eigenvalue weighted by molar-refractivity contribution is 0.267. The van der Waals surface area contributed by atoms with Gasteiger partial charge >= 0.3 is 5.69 Å². The maximum Gasteiger partial charge on any atom is 0.331 e. The molecule has 0 unspecified atom stereocenters. The average molecular weight is 502 g/mol. The largest absolute Gasteiger partial charge is 0.473 e. The van der Waals surface area contributed by atoms with E-state index in [9.17, 15) is 4.79 Å². The summed E-state index contributed by atoms with van der Waals surface area (Å²) in [6, 6.07) is 28.9.